The number of morpholine rings is 1. The fourth-order valence-electron chi connectivity index (χ4n) is 3.71. The van der Waals surface area contributed by atoms with E-state index in [-0.39, 0.29) is 25.0 Å². The summed E-state index contributed by atoms with van der Waals surface area (Å²) in [5, 5.41) is 5.99. The van der Waals surface area contributed by atoms with Gasteiger partial charge in [-0.25, -0.2) is 5.43 Å². The summed E-state index contributed by atoms with van der Waals surface area (Å²) in [5.41, 5.74) is 3.16. The van der Waals surface area contributed by atoms with Crippen molar-refractivity contribution in [2.24, 2.45) is 5.10 Å². The molecule has 1 fully saturated rings. The van der Waals surface area contributed by atoms with Gasteiger partial charge in [-0.3, -0.25) is 9.59 Å². The molecular formula is C27H29N3O6. The van der Waals surface area contributed by atoms with Gasteiger partial charge in [0.15, 0.2) is 24.7 Å². The smallest absolute Gasteiger partial charge is 0.277 e. The van der Waals surface area contributed by atoms with Crippen LogP contribution in [0.15, 0.2) is 65.8 Å². The predicted molar refractivity (Wildman–Crippen MR) is 136 cm³/mol. The minimum atomic E-state index is -0.384. The van der Waals surface area contributed by atoms with Gasteiger partial charge in [0, 0.05) is 18.5 Å². The molecule has 1 aliphatic heterocycles. The molecule has 0 atom stereocenters. The monoisotopic (exact) mass is 491 g/mol. The van der Waals surface area contributed by atoms with Crippen LogP contribution in [-0.4, -0.2) is 69.1 Å². The lowest BCUT2D eigenvalue weighted by molar-refractivity contribution is -0.137. The summed E-state index contributed by atoms with van der Waals surface area (Å²) in [7, 11) is 0. The van der Waals surface area contributed by atoms with E-state index in [0.717, 1.165) is 10.8 Å². The quantitative estimate of drug-likeness (QED) is 0.346. The fraction of sp³-hybridized carbons (Fsp3) is 0.296. The molecule has 0 saturated carbocycles. The van der Waals surface area contributed by atoms with E-state index in [2.05, 4.69) is 10.5 Å². The Morgan fingerprint density at radius 3 is 2.56 bits per heavy atom. The van der Waals surface area contributed by atoms with Gasteiger partial charge in [-0.2, -0.15) is 5.10 Å². The van der Waals surface area contributed by atoms with Crippen LogP contribution < -0.4 is 19.6 Å². The Kier molecular flexibility index (Phi) is 8.72. The van der Waals surface area contributed by atoms with Crippen LogP contribution in [0.25, 0.3) is 10.8 Å². The predicted octanol–water partition coefficient (Wildman–Crippen LogP) is 3.01. The van der Waals surface area contributed by atoms with Gasteiger partial charge in [0.25, 0.3) is 11.8 Å². The zero-order chi connectivity index (χ0) is 25.2. The van der Waals surface area contributed by atoms with Crippen molar-refractivity contribution in [1.82, 2.24) is 10.3 Å². The number of hydrogen-bond donors (Lipinski definition) is 1. The number of carbonyl (C=O) groups excluding carboxylic acids is 2. The third kappa shape index (κ3) is 6.73. The molecule has 9 heteroatoms. The number of hydrazone groups is 1. The van der Waals surface area contributed by atoms with Crippen molar-refractivity contribution in [2.75, 3.05) is 46.1 Å². The molecule has 0 bridgehead atoms. The number of nitrogens with one attached hydrogen (secondary N) is 1. The third-order valence-corrected chi connectivity index (χ3v) is 5.49. The van der Waals surface area contributed by atoms with Gasteiger partial charge in [-0.1, -0.05) is 36.4 Å². The second-order valence-corrected chi connectivity index (χ2v) is 7.98. The lowest BCUT2D eigenvalue weighted by Crippen LogP contribution is -2.43. The average molecular weight is 492 g/mol. The van der Waals surface area contributed by atoms with Gasteiger partial charge in [0.1, 0.15) is 5.75 Å². The maximum atomic E-state index is 12.4. The van der Waals surface area contributed by atoms with Crippen molar-refractivity contribution in [1.29, 1.82) is 0 Å². The van der Waals surface area contributed by atoms with E-state index in [0.29, 0.717) is 55.7 Å². The molecular weight excluding hydrogens is 462 g/mol. The van der Waals surface area contributed by atoms with Crippen molar-refractivity contribution >= 4 is 28.8 Å². The van der Waals surface area contributed by atoms with E-state index in [9.17, 15) is 9.59 Å². The first kappa shape index (κ1) is 25.0. The molecule has 1 aliphatic rings. The summed E-state index contributed by atoms with van der Waals surface area (Å²) in [5.74, 6) is 1.10. The lowest BCUT2D eigenvalue weighted by atomic mass is 10.1. The average Bonchev–Trinajstić information content (AvgIpc) is 2.92. The van der Waals surface area contributed by atoms with Gasteiger partial charge >= 0.3 is 0 Å². The first-order chi connectivity index (χ1) is 17.6. The van der Waals surface area contributed by atoms with E-state index in [1.54, 1.807) is 23.1 Å². The number of carbonyl (C=O) groups is 2. The Labute approximate surface area is 209 Å². The lowest BCUT2D eigenvalue weighted by Gasteiger charge is -2.26. The number of rotatable bonds is 10. The molecule has 3 aromatic carbocycles. The topological polar surface area (TPSA) is 98.7 Å². The summed E-state index contributed by atoms with van der Waals surface area (Å²) in [6, 6.07) is 18.7. The zero-order valence-electron chi connectivity index (χ0n) is 20.1. The van der Waals surface area contributed by atoms with Gasteiger partial charge in [-0.15, -0.1) is 0 Å². The maximum Gasteiger partial charge on any atom is 0.277 e. The van der Waals surface area contributed by atoms with E-state index in [1.165, 1.54) is 6.21 Å². The highest BCUT2D eigenvalue weighted by Gasteiger charge is 2.18. The number of fused-ring (bicyclic) bond motifs is 1. The molecule has 4 rings (SSSR count). The molecule has 0 radical (unpaired) electrons. The largest absolute Gasteiger partial charge is 0.490 e. The van der Waals surface area contributed by atoms with E-state index >= 15 is 0 Å². The van der Waals surface area contributed by atoms with Gasteiger partial charge in [-0.05, 0) is 42.1 Å². The first-order valence-electron chi connectivity index (χ1n) is 11.8. The molecule has 0 unspecified atom stereocenters. The summed E-state index contributed by atoms with van der Waals surface area (Å²) >= 11 is 0. The minimum absolute atomic E-state index is 0.0831. The maximum absolute atomic E-state index is 12.4. The SMILES string of the molecule is CCOc1cc(/C=N/NC(=O)COc2cccc3ccccc23)ccc1OCC(=O)N1CCOCC1. The van der Waals surface area contributed by atoms with Crippen molar-refractivity contribution in [2.45, 2.75) is 6.92 Å². The number of amides is 2. The highest BCUT2D eigenvalue weighted by molar-refractivity contribution is 5.89. The van der Waals surface area contributed by atoms with Crippen molar-refractivity contribution in [3.8, 4) is 17.2 Å². The van der Waals surface area contributed by atoms with Crippen LogP contribution in [0.5, 0.6) is 17.2 Å². The zero-order valence-corrected chi connectivity index (χ0v) is 20.1. The molecule has 0 aliphatic carbocycles. The highest BCUT2D eigenvalue weighted by Crippen LogP contribution is 2.28. The summed E-state index contributed by atoms with van der Waals surface area (Å²) < 4.78 is 22.3. The van der Waals surface area contributed by atoms with E-state index in [4.69, 9.17) is 18.9 Å². The molecule has 36 heavy (non-hydrogen) atoms. The second-order valence-electron chi connectivity index (χ2n) is 7.98. The van der Waals surface area contributed by atoms with Crippen LogP contribution in [0, 0.1) is 0 Å². The number of benzene rings is 3. The summed E-state index contributed by atoms with van der Waals surface area (Å²) in [4.78, 5) is 26.3. The molecule has 3 aromatic rings. The number of ether oxygens (including phenoxy) is 4. The van der Waals surface area contributed by atoms with E-state index in [1.807, 2.05) is 49.4 Å². The van der Waals surface area contributed by atoms with Crippen LogP contribution in [0.2, 0.25) is 0 Å². The molecule has 0 aromatic heterocycles. The van der Waals surface area contributed by atoms with Gasteiger partial charge in [0.05, 0.1) is 26.0 Å². The Morgan fingerprint density at radius 2 is 1.72 bits per heavy atom. The fourth-order valence-corrected chi connectivity index (χ4v) is 3.71. The Hall–Kier alpha value is -4.11. The standard InChI is InChI=1S/C27H29N3O6/c1-2-34-25-16-20(10-11-24(25)36-19-27(32)30-12-14-33-15-13-30)17-28-29-26(31)18-35-23-9-5-7-21-6-3-4-8-22(21)23/h3-11,16-17H,2,12-15,18-19H2,1H3,(H,29,31)/b28-17+. The molecule has 1 saturated heterocycles. The Bertz CT molecular complexity index is 1220. The van der Waals surface area contributed by atoms with Crippen LogP contribution >= 0.6 is 0 Å². The molecule has 1 heterocycles. The highest BCUT2D eigenvalue weighted by atomic mass is 16.5. The van der Waals surface area contributed by atoms with Crippen LogP contribution in [0.1, 0.15) is 12.5 Å². The Balaban J connectivity index is 1.30. The second kappa shape index (κ2) is 12.6. The van der Waals surface area contributed by atoms with Crippen LogP contribution in [-0.2, 0) is 14.3 Å². The van der Waals surface area contributed by atoms with E-state index < -0.39 is 0 Å². The third-order valence-electron chi connectivity index (χ3n) is 5.49. The number of nitrogens with zero attached hydrogens (tertiary/aromatic N) is 2. The normalized spacial score (nSPS) is 13.5. The molecule has 1 N–H and O–H groups in total. The van der Waals surface area contributed by atoms with Crippen molar-refractivity contribution in [3.05, 3.63) is 66.2 Å². The molecule has 188 valence electrons. The van der Waals surface area contributed by atoms with Gasteiger partial charge in [0.2, 0.25) is 0 Å². The van der Waals surface area contributed by atoms with Crippen molar-refractivity contribution < 1.29 is 28.5 Å². The first-order valence-corrected chi connectivity index (χ1v) is 11.8. The number of hydrogen-bond acceptors (Lipinski definition) is 7. The van der Waals surface area contributed by atoms with Gasteiger partial charge < -0.3 is 23.8 Å². The molecule has 2 amide bonds. The minimum Gasteiger partial charge on any atom is -0.490 e. The Morgan fingerprint density at radius 1 is 0.944 bits per heavy atom. The summed E-state index contributed by atoms with van der Waals surface area (Å²) in [6.07, 6.45) is 1.50. The van der Waals surface area contributed by atoms with Crippen LogP contribution in [0.3, 0.4) is 0 Å². The summed E-state index contributed by atoms with van der Waals surface area (Å²) in [6.45, 7) is 4.24. The van der Waals surface area contributed by atoms with Crippen LogP contribution in [0.4, 0.5) is 0 Å². The molecule has 9 nitrogen and oxygen atoms in total. The van der Waals surface area contributed by atoms with Crippen molar-refractivity contribution in [3.63, 3.8) is 0 Å². The molecule has 0 spiro atoms.